The van der Waals surface area contributed by atoms with Crippen molar-refractivity contribution in [2.24, 2.45) is 0 Å². The van der Waals surface area contributed by atoms with Crippen molar-refractivity contribution in [3.63, 3.8) is 0 Å². The van der Waals surface area contributed by atoms with Gasteiger partial charge < -0.3 is 15.8 Å². The highest BCUT2D eigenvalue weighted by molar-refractivity contribution is 5.90. The maximum Gasteiger partial charge on any atom is 0.338 e. The van der Waals surface area contributed by atoms with Crippen molar-refractivity contribution in [3.05, 3.63) is 29.8 Å². The Labute approximate surface area is 108 Å². The van der Waals surface area contributed by atoms with Crippen molar-refractivity contribution in [1.82, 2.24) is 5.32 Å². The van der Waals surface area contributed by atoms with Gasteiger partial charge in [-0.25, -0.2) is 4.79 Å². The smallest absolute Gasteiger partial charge is 0.338 e. The first-order chi connectivity index (χ1) is 8.75. The standard InChI is InChI=1S/C14H20N2O2/c15-12-5-3-4-11(10-12)14(17)18-9-7-13-6-1-2-8-16-13/h3-5,10,13,16H,1-2,6-9,15H2. The van der Waals surface area contributed by atoms with E-state index in [-0.39, 0.29) is 5.97 Å². The molecule has 1 fully saturated rings. The van der Waals surface area contributed by atoms with Crippen molar-refractivity contribution in [3.8, 4) is 0 Å². The Balaban J connectivity index is 1.74. The topological polar surface area (TPSA) is 64.4 Å². The molecule has 1 atom stereocenters. The number of nitrogens with two attached hydrogens (primary N) is 1. The lowest BCUT2D eigenvalue weighted by molar-refractivity contribution is 0.0486. The second-order valence-corrected chi connectivity index (χ2v) is 4.70. The molecule has 4 nitrogen and oxygen atoms in total. The van der Waals surface area contributed by atoms with Crippen LogP contribution in [-0.4, -0.2) is 25.2 Å². The van der Waals surface area contributed by atoms with Gasteiger partial charge in [0, 0.05) is 11.7 Å². The Morgan fingerprint density at radius 1 is 1.44 bits per heavy atom. The third kappa shape index (κ3) is 3.74. The van der Waals surface area contributed by atoms with Gasteiger partial charge >= 0.3 is 5.97 Å². The quantitative estimate of drug-likeness (QED) is 0.631. The molecule has 0 saturated carbocycles. The molecule has 0 bridgehead atoms. The van der Waals surface area contributed by atoms with Gasteiger partial charge in [-0.3, -0.25) is 0 Å². The molecule has 0 aliphatic carbocycles. The van der Waals surface area contributed by atoms with Crippen LogP contribution < -0.4 is 11.1 Å². The lowest BCUT2D eigenvalue weighted by Crippen LogP contribution is -2.35. The van der Waals surface area contributed by atoms with Gasteiger partial charge in [0.1, 0.15) is 0 Å². The maximum absolute atomic E-state index is 11.7. The number of hydrogen-bond donors (Lipinski definition) is 2. The average molecular weight is 248 g/mol. The molecule has 1 saturated heterocycles. The summed E-state index contributed by atoms with van der Waals surface area (Å²) in [5.74, 6) is -0.293. The fourth-order valence-corrected chi connectivity index (χ4v) is 2.21. The van der Waals surface area contributed by atoms with Crippen LogP contribution in [-0.2, 0) is 4.74 Å². The number of esters is 1. The van der Waals surface area contributed by atoms with Crippen LogP contribution in [0.2, 0.25) is 0 Å². The summed E-state index contributed by atoms with van der Waals surface area (Å²) in [4.78, 5) is 11.7. The predicted molar refractivity (Wildman–Crippen MR) is 71.4 cm³/mol. The molecule has 3 N–H and O–H groups in total. The van der Waals surface area contributed by atoms with Gasteiger partial charge in [0.25, 0.3) is 0 Å². The molecule has 18 heavy (non-hydrogen) atoms. The Hall–Kier alpha value is -1.55. The van der Waals surface area contributed by atoms with Gasteiger partial charge in [-0.1, -0.05) is 12.5 Å². The Morgan fingerprint density at radius 3 is 3.06 bits per heavy atom. The second kappa shape index (κ2) is 6.40. The molecule has 1 aliphatic heterocycles. The molecule has 0 aromatic heterocycles. The highest BCUT2D eigenvalue weighted by Crippen LogP contribution is 2.11. The summed E-state index contributed by atoms with van der Waals surface area (Å²) < 4.78 is 5.25. The summed E-state index contributed by atoms with van der Waals surface area (Å²) in [7, 11) is 0. The maximum atomic E-state index is 11.7. The van der Waals surface area contributed by atoms with Gasteiger partial charge in [0.05, 0.1) is 12.2 Å². The molecule has 98 valence electrons. The first-order valence-corrected chi connectivity index (χ1v) is 6.52. The van der Waals surface area contributed by atoms with E-state index in [4.69, 9.17) is 10.5 Å². The van der Waals surface area contributed by atoms with Crippen LogP contribution in [0.5, 0.6) is 0 Å². The number of hydrogen-bond acceptors (Lipinski definition) is 4. The minimum Gasteiger partial charge on any atom is -0.462 e. The minimum absolute atomic E-state index is 0.293. The van der Waals surface area contributed by atoms with Crippen molar-refractivity contribution in [2.75, 3.05) is 18.9 Å². The van der Waals surface area contributed by atoms with Crippen molar-refractivity contribution < 1.29 is 9.53 Å². The van der Waals surface area contributed by atoms with E-state index < -0.39 is 0 Å². The van der Waals surface area contributed by atoms with E-state index in [0.29, 0.717) is 23.9 Å². The predicted octanol–water partition coefficient (Wildman–Crippen LogP) is 1.96. The molecule has 2 rings (SSSR count). The third-order valence-electron chi connectivity index (χ3n) is 3.23. The first kappa shape index (κ1) is 12.9. The molecular formula is C14H20N2O2. The number of piperidine rings is 1. The Kier molecular flexibility index (Phi) is 4.59. The number of nitrogen functional groups attached to an aromatic ring is 1. The summed E-state index contributed by atoms with van der Waals surface area (Å²) >= 11 is 0. The summed E-state index contributed by atoms with van der Waals surface area (Å²) in [5, 5.41) is 3.43. The molecule has 1 heterocycles. The summed E-state index contributed by atoms with van der Waals surface area (Å²) in [5.41, 5.74) is 6.73. The second-order valence-electron chi connectivity index (χ2n) is 4.70. The number of carbonyl (C=O) groups excluding carboxylic acids is 1. The molecule has 1 aromatic carbocycles. The number of nitrogens with one attached hydrogen (secondary N) is 1. The van der Waals surface area contributed by atoms with E-state index in [1.54, 1.807) is 24.3 Å². The zero-order valence-electron chi connectivity index (χ0n) is 10.5. The van der Waals surface area contributed by atoms with Crippen LogP contribution in [0.3, 0.4) is 0 Å². The number of anilines is 1. The van der Waals surface area contributed by atoms with E-state index in [0.717, 1.165) is 13.0 Å². The van der Waals surface area contributed by atoms with Gasteiger partial charge in [0.2, 0.25) is 0 Å². The van der Waals surface area contributed by atoms with Crippen LogP contribution >= 0.6 is 0 Å². The van der Waals surface area contributed by atoms with Crippen LogP contribution in [0.4, 0.5) is 5.69 Å². The van der Waals surface area contributed by atoms with Crippen LogP contribution in [0.1, 0.15) is 36.0 Å². The number of ether oxygens (including phenoxy) is 1. The van der Waals surface area contributed by atoms with E-state index in [2.05, 4.69) is 5.32 Å². The number of benzene rings is 1. The molecule has 4 heteroatoms. The van der Waals surface area contributed by atoms with Gasteiger partial charge in [-0.05, 0) is 44.0 Å². The lowest BCUT2D eigenvalue weighted by Gasteiger charge is -2.23. The number of carbonyl (C=O) groups is 1. The minimum atomic E-state index is -0.293. The van der Waals surface area contributed by atoms with Crippen molar-refractivity contribution >= 4 is 11.7 Å². The summed E-state index contributed by atoms with van der Waals surface area (Å²) in [6, 6.07) is 7.36. The molecule has 0 radical (unpaired) electrons. The molecule has 1 aliphatic rings. The van der Waals surface area contributed by atoms with Gasteiger partial charge in [0.15, 0.2) is 0 Å². The Bertz CT molecular complexity index is 401. The van der Waals surface area contributed by atoms with Crippen molar-refractivity contribution in [2.45, 2.75) is 31.7 Å². The van der Waals surface area contributed by atoms with Crippen molar-refractivity contribution in [1.29, 1.82) is 0 Å². The fraction of sp³-hybridized carbons (Fsp3) is 0.500. The van der Waals surface area contributed by atoms with Crippen LogP contribution in [0.15, 0.2) is 24.3 Å². The molecular weight excluding hydrogens is 228 g/mol. The highest BCUT2D eigenvalue weighted by atomic mass is 16.5. The van der Waals surface area contributed by atoms with E-state index in [9.17, 15) is 4.79 Å². The highest BCUT2D eigenvalue weighted by Gasteiger charge is 2.13. The first-order valence-electron chi connectivity index (χ1n) is 6.52. The summed E-state index contributed by atoms with van der Waals surface area (Å²) in [6.45, 7) is 1.54. The normalized spacial score (nSPS) is 19.4. The molecule has 1 aromatic rings. The monoisotopic (exact) mass is 248 g/mol. The summed E-state index contributed by atoms with van der Waals surface area (Å²) in [6.07, 6.45) is 4.57. The van der Waals surface area contributed by atoms with Crippen LogP contribution in [0.25, 0.3) is 0 Å². The zero-order chi connectivity index (χ0) is 12.8. The fourth-order valence-electron chi connectivity index (χ4n) is 2.21. The molecule has 1 unspecified atom stereocenters. The Morgan fingerprint density at radius 2 is 2.33 bits per heavy atom. The number of rotatable bonds is 4. The molecule has 0 spiro atoms. The SMILES string of the molecule is Nc1cccc(C(=O)OCCC2CCCCN2)c1. The van der Waals surface area contributed by atoms with E-state index >= 15 is 0 Å². The molecule has 0 amide bonds. The van der Waals surface area contributed by atoms with Crippen LogP contribution in [0, 0.1) is 0 Å². The lowest BCUT2D eigenvalue weighted by atomic mass is 10.0. The third-order valence-corrected chi connectivity index (χ3v) is 3.23. The van der Waals surface area contributed by atoms with Gasteiger partial charge in [-0.2, -0.15) is 0 Å². The van der Waals surface area contributed by atoms with E-state index in [1.807, 2.05) is 0 Å². The largest absolute Gasteiger partial charge is 0.462 e. The van der Waals surface area contributed by atoms with Gasteiger partial charge in [-0.15, -0.1) is 0 Å². The zero-order valence-corrected chi connectivity index (χ0v) is 10.5. The average Bonchev–Trinajstić information content (AvgIpc) is 2.40. The van der Waals surface area contributed by atoms with E-state index in [1.165, 1.54) is 19.3 Å².